The van der Waals surface area contributed by atoms with Crippen LogP contribution < -0.4 is 5.32 Å². The number of carboxylic acid groups (broad SMARTS) is 1. The molecule has 0 fully saturated rings. The first kappa shape index (κ1) is 12.9. The summed E-state index contributed by atoms with van der Waals surface area (Å²) in [6, 6.07) is 1.35. The molecular weight excluding hydrogens is 252 g/mol. The van der Waals surface area contributed by atoms with E-state index in [1.54, 1.807) is 6.26 Å². The third-order valence-electron chi connectivity index (χ3n) is 1.78. The number of anilines is 1. The van der Waals surface area contributed by atoms with Gasteiger partial charge >= 0.3 is 5.97 Å². The molecular formula is C9H11ClN2O3S. The van der Waals surface area contributed by atoms with Crippen molar-refractivity contribution in [3.8, 4) is 0 Å². The predicted octanol–water partition coefficient (Wildman–Crippen LogP) is 1.22. The Morgan fingerprint density at radius 2 is 2.38 bits per heavy atom. The second-order valence-electron chi connectivity index (χ2n) is 3.06. The molecule has 1 unspecified atom stereocenters. The zero-order chi connectivity index (χ0) is 12.1. The Morgan fingerprint density at radius 1 is 1.69 bits per heavy atom. The van der Waals surface area contributed by atoms with E-state index in [1.807, 2.05) is 0 Å². The SMILES string of the molecule is CS(=O)CCNc1cc(C(=O)O)c(Cl)cn1. The third kappa shape index (κ3) is 3.79. The number of hydrogen-bond acceptors (Lipinski definition) is 4. The summed E-state index contributed by atoms with van der Waals surface area (Å²) in [4.78, 5) is 14.7. The fourth-order valence-electron chi connectivity index (χ4n) is 1.02. The summed E-state index contributed by atoms with van der Waals surface area (Å²) in [5.74, 6) is -0.214. The van der Waals surface area contributed by atoms with Crippen LogP contribution in [0.25, 0.3) is 0 Å². The van der Waals surface area contributed by atoms with Crippen LogP contribution in [0.2, 0.25) is 5.02 Å². The van der Waals surface area contributed by atoms with E-state index < -0.39 is 16.8 Å². The van der Waals surface area contributed by atoms with E-state index in [0.29, 0.717) is 18.1 Å². The fourth-order valence-corrected chi connectivity index (χ4v) is 1.60. The molecule has 1 aromatic heterocycles. The average Bonchev–Trinajstić information content (AvgIpc) is 2.19. The van der Waals surface area contributed by atoms with Crippen molar-refractivity contribution >= 4 is 34.2 Å². The highest BCUT2D eigenvalue weighted by Gasteiger charge is 2.09. The highest BCUT2D eigenvalue weighted by atomic mass is 35.5. The van der Waals surface area contributed by atoms with Gasteiger partial charge < -0.3 is 10.4 Å². The molecule has 0 saturated carbocycles. The summed E-state index contributed by atoms with van der Waals surface area (Å²) in [6.07, 6.45) is 2.87. The zero-order valence-corrected chi connectivity index (χ0v) is 10.1. The highest BCUT2D eigenvalue weighted by Crippen LogP contribution is 2.17. The summed E-state index contributed by atoms with van der Waals surface area (Å²) in [6.45, 7) is 0.469. The number of nitrogens with zero attached hydrogens (tertiary/aromatic N) is 1. The lowest BCUT2D eigenvalue weighted by molar-refractivity contribution is 0.0697. The van der Waals surface area contributed by atoms with Crippen LogP contribution in [0.1, 0.15) is 10.4 Å². The number of carboxylic acids is 1. The lowest BCUT2D eigenvalue weighted by Gasteiger charge is -2.05. The lowest BCUT2D eigenvalue weighted by atomic mass is 10.2. The quantitative estimate of drug-likeness (QED) is 0.834. The number of pyridine rings is 1. The van der Waals surface area contributed by atoms with Gasteiger partial charge in [-0.2, -0.15) is 0 Å². The van der Waals surface area contributed by atoms with Gasteiger partial charge in [-0.05, 0) is 6.07 Å². The van der Waals surface area contributed by atoms with Gasteiger partial charge in [0.05, 0.1) is 10.6 Å². The first-order valence-corrected chi connectivity index (χ1v) is 6.54. The van der Waals surface area contributed by atoms with Crippen molar-refractivity contribution in [3.05, 3.63) is 22.8 Å². The first-order valence-electron chi connectivity index (χ1n) is 4.43. The molecule has 2 N–H and O–H groups in total. The molecule has 0 saturated heterocycles. The molecule has 0 amide bonds. The molecule has 1 heterocycles. The van der Waals surface area contributed by atoms with Gasteiger partial charge in [-0.3, -0.25) is 4.21 Å². The van der Waals surface area contributed by atoms with Gasteiger partial charge in [0.25, 0.3) is 0 Å². The molecule has 0 bridgehead atoms. The molecule has 1 rings (SSSR count). The minimum atomic E-state index is -1.10. The van der Waals surface area contributed by atoms with Gasteiger partial charge in [0.1, 0.15) is 5.82 Å². The van der Waals surface area contributed by atoms with Crippen molar-refractivity contribution in [2.75, 3.05) is 23.9 Å². The van der Waals surface area contributed by atoms with Gasteiger partial charge in [-0.15, -0.1) is 0 Å². The van der Waals surface area contributed by atoms with Crippen LogP contribution in [0, 0.1) is 0 Å². The van der Waals surface area contributed by atoms with Gasteiger partial charge in [0.15, 0.2) is 0 Å². The normalized spacial score (nSPS) is 12.1. The molecule has 88 valence electrons. The van der Waals surface area contributed by atoms with Crippen LogP contribution in [0.15, 0.2) is 12.3 Å². The Kier molecular flexibility index (Phi) is 4.70. The van der Waals surface area contributed by atoms with Crippen LogP contribution in [-0.4, -0.2) is 38.8 Å². The van der Waals surface area contributed by atoms with E-state index in [-0.39, 0.29) is 10.6 Å². The largest absolute Gasteiger partial charge is 0.478 e. The Balaban J connectivity index is 2.71. The number of hydrogen-bond donors (Lipinski definition) is 2. The third-order valence-corrected chi connectivity index (χ3v) is 2.86. The van der Waals surface area contributed by atoms with E-state index in [2.05, 4.69) is 10.3 Å². The Bertz CT molecular complexity index is 425. The second-order valence-corrected chi connectivity index (χ2v) is 5.02. The summed E-state index contributed by atoms with van der Waals surface area (Å²) in [5.41, 5.74) is -0.00297. The van der Waals surface area contributed by atoms with Crippen molar-refractivity contribution in [1.29, 1.82) is 0 Å². The van der Waals surface area contributed by atoms with Gasteiger partial charge in [0, 0.05) is 35.5 Å². The maximum absolute atomic E-state index is 10.8. The van der Waals surface area contributed by atoms with Crippen LogP contribution in [0.3, 0.4) is 0 Å². The number of aromatic nitrogens is 1. The summed E-state index contributed by atoms with van der Waals surface area (Å²) in [5, 5.41) is 11.8. The minimum absolute atomic E-state index is 0.00297. The molecule has 1 aromatic rings. The molecule has 7 heteroatoms. The standard InChI is InChI=1S/C9H11ClN2O3S/c1-16(15)3-2-11-8-4-6(9(13)14)7(10)5-12-8/h4-5H,2-3H2,1H3,(H,11,12)(H,13,14). The van der Waals surface area contributed by atoms with Crippen LogP contribution >= 0.6 is 11.6 Å². The van der Waals surface area contributed by atoms with E-state index in [4.69, 9.17) is 16.7 Å². The smallest absolute Gasteiger partial charge is 0.337 e. The van der Waals surface area contributed by atoms with Gasteiger partial charge in [-0.1, -0.05) is 11.6 Å². The van der Waals surface area contributed by atoms with E-state index in [9.17, 15) is 9.00 Å². The molecule has 0 aromatic carbocycles. The van der Waals surface area contributed by atoms with Crippen LogP contribution in [0.4, 0.5) is 5.82 Å². The van der Waals surface area contributed by atoms with E-state index >= 15 is 0 Å². The highest BCUT2D eigenvalue weighted by molar-refractivity contribution is 7.84. The molecule has 0 spiro atoms. The molecule has 1 atom stereocenters. The second kappa shape index (κ2) is 5.81. The number of carbonyl (C=O) groups is 1. The predicted molar refractivity (Wildman–Crippen MR) is 63.6 cm³/mol. The summed E-state index contributed by atoms with van der Waals surface area (Å²) >= 11 is 5.66. The lowest BCUT2D eigenvalue weighted by Crippen LogP contribution is -2.11. The number of rotatable bonds is 5. The summed E-state index contributed by atoms with van der Waals surface area (Å²) < 4.78 is 10.8. The number of halogens is 1. The molecule has 16 heavy (non-hydrogen) atoms. The Labute approximate surface area is 100 Å². The van der Waals surface area contributed by atoms with Gasteiger partial charge in [-0.25, -0.2) is 9.78 Å². The van der Waals surface area contributed by atoms with Gasteiger partial charge in [0.2, 0.25) is 0 Å². The maximum Gasteiger partial charge on any atom is 0.337 e. The molecule has 0 aliphatic heterocycles. The van der Waals surface area contributed by atoms with Crippen molar-refractivity contribution in [1.82, 2.24) is 4.98 Å². The van der Waals surface area contributed by atoms with E-state index in [1.165, 1.54) is 12.3 Å². The number of nitrogens with one attached hydrogen (secondary N) is 1. The molecule has 0 radical (unpaired) electrons. The molecule has 5 nitrogen and oxygen atoms in total. The summed E-state index contributed by atoms with van der Waals surface area (Å²) in [7, 11) is -0.890. The molecule has 0 aliphatic rings. The van der Waals surface area contributed by atoms with Crippen molar-refractivity contribution in [2.45, 2.75) is 0 Å². The maximum atomic E-state index is 10.8. The van der Waals surface area contributed by atoms with Crippen LogP contribution in [0.5, 0.6) is 0 Å². The molecule has 0 aliphatic carbocycles. The topological polar surface area (TPSA) is 79.3 Å². The fraction of sp³-hybridized carbons (Fsp3) is 0.333. The van der Waals surface area contributed by atoms with Crippen LogP contribution in [-0.2, 0) is 10.8 Å². The van der Waals surface area contributed by atoms with Crippen molar-refractivity contribution < 1.29 is 14.1 Å². The average molecular weight is 263 g/mol. The first-order chi connectivity index (χ1) is 7.50. The monoisotopic (exact) mass is 262 g/mol. The van der Waals surface area contributed by atoms with E-state index in [0.717, 1.165) is 0 Å². The Hall–Kier alpha value is -1.14. The number of aromatic carboxylic acids is 1. The van der Waals surface area contributed by atoms with Crippen molar-refractivity contribution in [3.63, 3.8) is 0 Å². The minimum Gasteiger partial charge on any atom is -0.478 e. The Morgan fingerprint density at radius 3 is 2.94 bits per heavy atom. The van der Waals surface area contributed by atoms with Crippen molar-refractivity contribution in [2.24, 2.45) is 0 Å². The zero-order valence-electron chi connectivity index (χ0n) is 8.57.